The van der Waals surface area contributed by atoms with Crippen molar-refractivity contribution in [3.63, 3.8) is 0 Å². The van der Waals surface area contributed by atoms with E-state index in [0.717, 1.165) is 25.1 Å². The first-order chi connectivity index (χ1) is 14.0. The lowest BCUT2D eigenvalue weighted by atomic mass is 9.77. The van der Waals surface area contributed by atoms with Crippen molar-refractivity contribution < 1.29 is 14.0 Å². The number of hydrogen-bond acceptors (Lipinski definition) is 2. The number of hydrogen-bond donors (Lipinski definition) is 1. The number of likely N-dealkylation sites (tertiary alicyclic amines) is 1. The second-order valence-electron chi connectivity index (χ2n) is 7.93. The molecule has 0 aliphatic carbocycles. The predicted octanol–water partition coefficient (Wildman–Crippen LogP) is 4.44. The number of urea groups is 1. The van der Waals surface area contributed by atoms with E-state index in [0.29, 0.717) is 31.6 Å². The highest BCUT2D eigenvalue weighted by atomic mass is 19.1. The summed E-state index contributed by atoms with van der Waals surface area (Å²) in [5.41, 5.74) is 2.42. The van der Waals surface area contributed by atoms with Gasteiger partial charge in [0.15, 0.2) is 0 Å². The minimum absolute atomic E-state index is 0.181. The number of benzene rings is 2. The lowest BCUT2D eigenvalue weighted by molar-refractivity contribution is -0.127. The summed E-state index contributed by atoms with van der Waals surface area (Å²) in [6.07, 6.45) is 3.15. The quantitative estimate of drug-likeness (QED) is 0.835. The van der Waals surface area contributed by atoms with Crippen LogP contribution in [-0.4, -0.2) is 36.5 Å². The summed E-state index contributed by atoms with van der Waals surface area (Å²) in [5.74, 6) is -0.156. The first-order valence-electron chi connectivity index (χ1n) is 10.2. The fraction of sp³-hybridized carbons (Fsp3) is 0.391. The van der Waals surface area contributed by atoms with Crippen molar-refractivity contribution in [2.75, 3.05) is 29.9 Å². The maximum atomic E-state index is 13.2. The molecule has 5 nitrogen and oxygen atoms in total. The summed E-state index contributed by atoms with van der Waals surface area (Å²) in [5, 5.41) is 2.80. The Labute approximate surface area is 170 Å². The predicted molar refractivity (Wildman–Crippen MR) is 111 cm³/mol. The Bertz CT molecular complexity index is 887. The van der Waals surface area contributed by atoms with Crippen LogP contribution in [0.5, 0.6) is 0 Å². The van der Waals surface area contributed by atoms with E-state index in [1.807, 2.05) is 17.0 Å². The van der Waals surface area contributed by atoms with Gasteiger partial charge in [-0.05, 0) is 67.6 Å². The summed E-state index contributed by atoms with van der Waals surface area (Å²) in [6, 6.07) is 13.7. The van der Waals surface area contributed by atoms with Crippen LogP contribution >= 0.6 is 0 Å². The second kappa shape index (κ2) is 7.85. The molecule has 29 heavy (non-hydrogen) atoms. The van der Waals surface area contributed by atoms with Gasteiger partial charge in [-0.2, -0.15) is 0 Å². The van der Waals surface area contributed by atoms with E-state index in [4.69, 9.17) is 0 Å². The Hall–Kier alpha value is -2.89. The normalized spacial score (nSPS) is 18.3. The number of carbonyl (C=O) groups excluding carboxylic acids is 2. The monoisotopic (exact) mass is 395 g/mol. The fourth-order valence-corrected chi connectivity index (χ4v) is 4.32. The van der Waals surface area contributed by atoms with Gasteiger partial charge in [0.2, 0.25) is 5.91 Å². The van der Waals surface area contributed by atoms with Crippen molar-refractivity contribution in [3.8, 4) is 0 Å². The number of nitrogens with one attached hydrogen (secondary N) is 1. The lowest BCUT2D eigenvalue weighted by Crippen LogP contribution is -2.47. The zero-order valence-corrected chi connectivity index (χ0v) is 16.7. The number of aryl methyl sites for hydroxylation is 1. The van der Waals surface area contributed by atoms with Crippen molar-refractivity contribution in [2.45, 2.75) is 32.6 Å². The molecule has 2 aliphatic rings. The molecular formula is C23H26FN3O2. The van der Waals surface area contributed by atoms with Gasteiger partial charge in [0, 0.05) is 31.0 Å². The van der Waals surface area contributed by atoms with Crippen molar-refractivity contribution >= 4 is 23.3 Å². The molecular weight excluding hydrogens is 369 g/mol. The third-order valence-electron chi connectivity index (χ3n) is 6.27. The average molecular weight is 395 g/mol. The summed E-state index contributed by atoms with van der Waals surface area (Å²) >= 11 is 0. The molecule has 2 heterocycles. The molecule has 152 valence electrons. The molecule has 0 saturated carbocycles. The minimum atomic E-state index is -0.365. The molecule has 2 aromatic rings. The number of carbonyl (C=O) groups is 2. The van der Waals surface area contributed by atoms with Crippen LogP contribution in [0.4, 0.5) is 20.6 Å². The van der Waals surface area contributed by atoms with Gasteiger partial charge in [-0.1, -0.05) is 19.1 Å². The van der Waals surface area contributed by atoms with Crippen LogP contribution in [0.2, 0.25) is 0 Å². The van der Waals surface area contributed by atoms with Gasteiger partial charge in [0.1, 0.15) is 5.82 Å². The highest BCUT2D eigenvalue weighted by molar-refractivity contribution is 6.00. The molecule has 2 saturated heterocycles. The summed E-state index contributed by atoms with van der Waals surface area (Å²) < 4.78 is 13.0. The van der Waals surface area contributed by atoms with Crippen molar-refractivity contribution in [3.05, 3.63) is 59.9 Å². The molecule has 2 aliphatic heterocycles. The second-order valence-corrected chi connectivity index (χ2v) is 7.93. The maximum Gasteiger partial charge on any atom is 0.321 e. The largest absolute Gasteiger partial charge is 0.324 e. The van der Waals surface area contributed by atoms with Gasteiger partial charge < -0.3 is 15.1 Å². The molecule has 3 amide bonds. The average Bonchev–Trinajstić information content (AvgIpc) is 3.06. The molecule has 0 atom stereocenters. The Morgan fingerprint density at radius 3 is 2.24 bits per heavy atom. The number of rotatable bonds is 3. The molecule has 4 rings (SSSR count). The van der Waals surface area contributed by atoms with Gasteiger partial charge in [0.25, 0.3) is 0 Å². The third-order valence-corrected chi connectivity index (χ3v) is 6.27. The lowest BCUT2D eigenvalue weighted by Gasteiger charge is -2.37. The van der Waals surface area contributed by atoms with Gasteiger partial charge in [-0.3, -0.25) is 4.79 Å². The number of anilines is 2. The van der Waals surface area contributed by atoms with E-state index < -0.39 is 0 Å². The van der Waals surface area contributed by atoms with Gasteiger partial charge in [-0.15, -0.1) is 0 Å². The van der Waals surface area contributed by atoms with Gasteiger partial charge >= 0.3 is 6.03 Å². The maximum absolute atomic E-state index is 13.2. The molecule has 6 heteroatoms. The van der Waals surface area contributed by atoms with Crippen LogP contribution < -0.4 is 10.2 Å². The van der Waals surface area contributed by atoms with Crippen LogP contribution in [0.25, 0.3) is 0 Å². The highest BCUT2D eigenvalue weighted by Gasteiger charge is 2.49. The first-order valence-corrected chi connectivity index (χ1v) is 10.2. The number of amides is 3. The highest BCUT2D eigenvalue weighted by Crippen LogP contribution is 2.43. The topological polar surface area (TPSA) is 52.6 Å². The molecule has 2 fully saturated rings. The van der Waals surface area contributed by atoms with E-state index in [1.165, 1.54) is 17.7 Å². The van der Waals surface area contributed by atoms with Crippen molar-refractivity contribution in [2.24, 2.45) is 5.41 Å². The van der Waals surface area contributed by atoms with Crippen LogP contribution in [0.1, 0.15) is 31.7 Å². The third kappa shape index (κ3) is 3.84. The molecule has 0 aromatic heterocycles. The van der Waals surface area contributed by atoms with Crippen LogP contribution in [0, 0.1) is 11.2 Å². The van der Waals surface area contributed by atoms with E-state index in [-0.39, 0.29) is 23.2 Å². The van der Waals surface area contributed by atoms with Crippen molar-refractivity contribution in [1.82, 2.24) is 4.90 Å². The minimum Gasteiger partial charge on any atom is -0.324 e. The molecule has 0 bridgehead atoms. The zero-order valence-electron chi connectivity index (χ0n) is 16.7. The Morgan fingerprint density at radius 2 is 1.62 bits per heavy atom. The standard InChI is InChI=1S/C23H26FN3O2/c1-2-17-3-9-20(10-4-17)27-16-13-23(21(27)28)11-14-26(15-12-23)22(29)25-19-7-5-18(24)6-8-19/h3-10H,2,11-16H2,1H3,(H,25,29). The summed E-state index contributed by atoms with van der Waals surface area (Å²) in [4.78, 5) is 29.4. The Balaban J connectivity index is 1.37. The van der Waals surface area contributed by atoms with E-state index in [1.54, 1.807) is 17.0 Å². The van der Waals surface area contributed by atoms with Crippen molar-refractivity contribution in [1.29, 1.82) is 0 Å². The van der Waals surface area contributed by atoms with Gasteiger partial charge in [-0.25, -0.2) is 9.18 Å². The van der Waals surface area contributed by atoms with Crippen LogP contribution in [0.3, 0.4) is 0 Å². The fourth-order valence-electron chi connectivity index (χ4n) is 4.32. The zero-order chi connectivity index (χ0) is 20.4. The summed E-state index contributed by atoms with van der Waals surface area (Å²) in [6.45, 7) is 3.93. The number of halogens is 1. The SMILES string of the molecule is CCc1ccc(N2CCC3(CCN(C(=O)Nc4ccc(F)cc4)CC3)C2=O)cc1. The van der Waals surface area contributed by atoms with E-state index in [2.05, 4.69) is 24.4 Å². The Morgan fingerprint density at radius 1 is 1.00 bits per heavy atom. The van der Waals surface area contributed by atoms with E-state index in [9.17, 15) is 14.0 Å². The van der Waals surface area contributed by atoms with Crippen LogP contribution in [0.15, 0.2) is 48.5 Å². The summed E-state index contributed by atoms with van der Waals surface area (Å²) in [7, 11) is 0. The molecule has 1 spiro atoms. The van der Waals surface area contributed by atoms with Gasteiger partial charge in [0.05, 0.1) is 5.41 Å². The smallest absolute Gasteiger partial charge is 0.321 e. The molecule has 2 aromatic carbocycles. The van der Waals surface area contributed by atoms with Crippen LogP contribution in [-0.2, 0) is 11.2 Å². The van der Waals surface area contributed by atoms with E-state index >= 15 is 0 Å². The molecule has 0 unspecified atom stereocenters. The molecule has 0 radical (unpaired) electrons. The number of piperidine rings is 1. The molecule has 1 N–H and O–H groups in total. The first kappa shape index (κ1) is 19.4. The number of nitrogens with zero attached hydrogens (tertiary/aromatic N) is 2. The Kier molecular flexibility index (Phi) is 5.26.